The van der Waals surface area contributed by atoms with Crippen LogP contribution in [-0.4, -0.2) is 30.7 Å². The molecule has 0 radical (unpaired) electrons. The molecule has 3 aromatic carbocycles. The quantitative estimate of drug-likeness (QED) is 0.328. The molecule has 2 amide bonds. The number of amides is 2. The number of rotatable bonds is 8. The van der Waals surface area contributed by atoms with Crippen LogP contribution in [-0.2, 0) is 4.79 Å². The molecule has 0 aliphatic heterocycles. The number of hydrazone groups is 1. The van der Waals surface area contributed by atoms with E-state index >= 15 is 0 Å². The standard InChI is InChI=1S/C25H25Cl2N3O3/c1-4-33-22-12-9-16(18-7-5-6-8-19(18)22)14-28-30-25(32)23(15(2)3)29-24(31)20-11-10-17(26)13-21(20)27/h5-15,23H,4H2,1-3H3,(H,29,31)(H,30,32)/b28-14-. The van der Waals surface area contributed by atoms with Crippen molar-refractivity contribution in [1.82, 2.24) is 10.7 Å². The molecule has 6 nitrogen and oxygen atoms in total. The van der Waals surface area contributed by atoms with Crippen LogP contribution >= 0.6 is 23.2 Å². The van der Waals surface area contributed by atoms with Crippen LogP contribution in [0.5, 0.6) is 5.75 Å². The Bertz CT molecular complexity index is 1190. The molecule has 1 atom stereocenters. The maximum absolute atomic E-state index is 12.8. The normalized spacial score (nSPS) is 12.2. The Morgan fingerprint density at radius 1 is 1.06 bits per heavy atom. The van der Waals surface area contributed by atoms with E-state index in [2.05, 4.69) is 15.8 Å². The van der Waals surface area contributed by atoms with Crippen molar-refractivity contribution >= 4 is 52.0 Å². The van der Waals surface area contributed by atoms with Crippen molar-refractivity contribution in [1.29, 1.82) is 0 Å². The molecule has 0 bridgehead atoms. The number of nitrogens with one attached hydrogen (secondary N) is 2. The van der Waals surface area contributed by atoms with Crippen molar-refractivity contribution in [3.05, 3.63) is 75.8 Å². The zero-order chi connectivity index (χ0) is 24.0. The third-order valence-electron chi connectivity index (χ3n) is 5.01. The van der Waals surface area contributed by atoms with Gasteiger partial charge in [0.2, 0.25) is 0 Å². The molecule has 33 heavy (non-hydrogen) atoms. The zero-order valence-corrected chi connectivity index (χ0v) is 20.1. The molecule has 0 fully saturated rings. The van der Waals surface area contributed by atoms with E-state index in [9.17, 15) is 9.59 Å². The number of hydrogen-bond donors (Lipinski definition) is 2. The molecule has 0 heterocycles. The van der Waals surface area contributed by atoms with Crippen LogP contribution in [0.2, 0.25) is 10.0 Å². The Labute approximate surface area is 202 Å². The van der Waals surface area contributed by atoms with Gasteiger partial charge < -0.3 is 10.1 Å². The number of halogens is 2. The first-order chi connectivity index (χ1) is 15.8. The largest absolute Gasteiger partial charge is 0.493 e. The lowest BCUT2D eigenvalue weighted by Gasteiger charge is -2.20. The molecular weight excluding hydrogens is 461 g/mol. The minimum Gasteiger partial charge on any atom is -0.493 e. The molecule has 0 aromatic heterocycles. The summed E-state index contributed by atoms with van der Waals surface area (Å²) in [6.07, 6.45) is 1.57. The molecule has 1 unspecified atom stereocenters. The monoisotopic (exact) mass is 485 g/mol. The maximum Gasteiger partial charge on any atom is 0.262 e. The highest BCUT2D eigenvalue weighted by Gasteiger charge is 2.25. The van der Waals surface area contributed by atoms with E-state index in [1.807, 2.05) is 57.2 Å². The van der Waals surface area contributed by atoms with Gasteiger partial charge in [-0.15, -0.1) is 0 Å². The van der Waals surface area contributed by atoms with Crippen molar-refractivity contribution in [2.45, 2.75) is 26.8 Å². The van der Waals surface area contributed by atoms with Crippen LogP contribution in [0, 0.1) is 5.92 Å². The summed E-state index contributed by atoms with van der Waals surface area (Å²) in [5.41, 5.74) is 3.59. The van der Waals surface area contributed by atoms with Gasteiger partial charge in [-0.3, -0.25) is 9.59 Å². The van der Waals surface area contributed by atoms with E-state index in [1.165, 1.54) is 12.1 Å². The van der Waals surface area contributed by atoms with Gasteiger partial charge in [0.1, 0.15) is 11.8 Å². The number of benzene rings is 3. The van der Waals surface area contributed by atoms with Crippen molar-refractivity contribution in [2.75, 3.05) is 6.61 Å². The molecule has 0 saturated carbocycles. The Morgan fingerprint density at radius 3 is 2.45 bits per heavy atom. The number of fused-ring (bicyclic) bond motifs is 1. The van der Waals surface area contributed by atoms with Gasteiger partial charge in [-0.2, -0.15) is 5.10 Å². The second-order valence-electron chi connectivity index (χ2n) is 7.69. The van der Waals surface area contributed by atoms with E-state index in [1.54, 1.807) is 12.3 Å². The first-order valence-electron chi connectivity index (χ1n) is 10.5. The minimum atomic E-state index is -0.807. The third-order valence-corrected chi connectivity index (χ3v) is 5.56. The topological polar surface area (TPSA) is 79.8 Å². The smallest absolute Gasteiger partial charge is 0.262 e. The number of carbonyl (C=O) groups excluding carboxylic acids is 2. The summed E-state index contributed by atoms with van der Waals surface area (Å²) in [5.74, 6) is -0.291. The van der Waals surface area contributed by atoms with Crippen molar-refractivity contribution in [3.8, 4) is 5.75 Å². The Morgan fingerprint density at radius 2 is 1.79 bits per heavy atom. The van der Waals surface area contributed by atoms with Gasteiger partial charge in [0, 0.05) is 16.0 Å². The predicted octanol–water partition coefficient (Wildman–Crippen LogP) is 5.45. The molecule has 0 aliphatic rings. The average Bonchev–Trinajstić information content (AvgIpc) is 2.78. The van der Waals surface area contributed by atoms with Crippen LogP contribution < -0.4 is 15.5 Å². The molecule has 0 spiro atoms. The summed E-state index contributed by atoms with van der Waals surface area (Å²) in [6, 6.07) is 15.3. The van der Waals surface area contributed by atoms with E-state index in [0.717, 1.165) is 22.1 Å². The molecule has 0 saturated heterocycles. The Hall–Kier alpha value is -3.09. The molecule has 8 heteroatoms. The lowest BCUT2D eigenvalue weighted by atomic mass is 10.0. The van der Waals surface area contributed by atoms with Gasteiger partial charge in [0.05, 0.1) is 23.4 Å². The van der Waals surface area contributed by atoms with Crippen molar-refractivity contribution in [3.63, 3.8) is 0 Å². The second-order valence-corrected chi connectivity index (χ2v) is 8.53. The van der Waals surface area contributed by atoms with E-state index < -0.39 is 17.9 Å². The fourth-order valence-corrected chi connectivity index (χ4v) is 3.85. The van der Waals surface area contributed by atoms with Crippen molar-refractivity contribution < 1.29 is 14.3 Å². The number of nitrogens with zero attached hydrogens (tertiary/aromatic N) is 1. The summed E-state index contributed by atoms with van der Waals surface area (Å²) in [7, 11) is 0. The summed E-state index contributed by atoms with van der Waals surface area (Å²) in [6.45, 7) is 6.16. The highest BCUT2D eigenvalue weighted by atomic mass is 35.5. The highest BCUT2D eigenvalue weighted by molar-refractivity contribution is 6.36. The zero-order valence-electron chi connectivity index (χ0n) is 18.6. The third kappa shape index (κ3) is 6.03. The van der Waals surface area contributed by atoms with Gasteiger partial charge in [-0.1, -0.05) is 61.3 Å². The maximum atomic E-state index is 12.8. The van der Waals surface area contributed by atoms with Crippen LogP contribution in [0.3, 0.4) is 0 Å². The first kappa shape index (κ1) is 24.6. The molecular formula is C25H25Cl2N3O3. The number of carbonyl (C=O) groups is 2. The lowest BCUT2D eigenvalue weighted by Crippen LogP contribution is -2.48. The first-order valence-corrected chi connectivity index (χ1v) is 11.3. The fourth-order valence-electron chi connectivity index (χ4n) is 3.35. The Balaban J connectivity index is 1.74. The van der Waals surface area contributed by atoms with Gasteiger partial charge in [-0.05, 0) is 48.6 Å². The average molecular weight is 486 g/mol. The summed E-state index contributed by atoms with van der Waals surface area (Å²) in [4.78, 5) is 25.4. The van der Waals surface area contributed by atoms with E-state index in [-0.39, 0.29) is 16.5 Å². The SMILES string of the molecule is CCOc1ccc(/C=N\NC(=O)C(NC(=O)c2ccc(Cl)cc2Cl)C(C)C)c2ccccc12. The summed E-state index contributed by atoms with van der Waals surface area (Å²) < 4.78 is 5.69. The van der Waals surface area contributed by atoms with E-state index in [4.69, 9.17) is 27.9 Å². The molecule has 0 aliphatic carbocycles. The van der Waals surface area contributed by atoms with E-state index in [0.29, 0.717) is 11.6 Å². The predicted molar refractivity (Wildman–Crippen MR) is 133 cm³/mol. The summed E-state index contributed by atoms with van der Waals surface area (Å²) in [5, 5.41) is 9.39. The highest BCUT2D eigenvalue weighted by Crippen LogP contribution is 2.28. The van der Waals surface area contributed by atoms with Gasteiger partial charge in [0.25, 0.3) is 11.8 Å². The number of ether oxygens (including phenoxy) is 1. The minimum absolute atomic E-state index is 0.179. The van der Waals surface area contributed by atoms with Crippen LogP contribution in [0.1, 0.15) is 36.7 Å². The fraction of sp³-hybridized carbons (Fsp3) is 0.240. The van der Waals surface area contributed by atoms with Crippen LogP contribution in [0.15, 0.2) is 59.7 Å². The van der Waals surface area contributed by atoms with Crippen LogP contribution in [0.25, 0.3) is 10.8 Å². The summed E-state index contributed by atoms with van der Waals surface area (Å²) >= 11 is 12.0. The van der Waals surface area contributed by atoms with Crippen LogP contribution in [0.4, 0.5) is 0 Å². The van der Waals surface area contributed by atoms with Gasteiger partial charge >= 0.3 is 0 Å². The molecule has 2 N–H and O–H groups in total. The Kier molecular flexibility index (Phi) is 8.31. The molecule has 172 valence electrons. The second kappa shape index (κ2) is 11.2. The molecule has 3 rings (SSSR count). The van der Waals surface area contributed by atoms with Crippen molar-refractivity contribution in [2.24, 2.45) is 11.0 Å². The van der Waals surface area contributed by atoms with Gasteiger partial charge in [-0.25, -0.2) is 5.43 Å². The lowest BCUT2D eigenvalue weighted by molar-refractivity contribution is -0.123. The molecule has 3 aromatic rings. The number of hydrogen-bond acceptors (Lipinski definition) is 4. The van der Waals surface area contributed by atoms with Gasteiger partial charge in [0.15, 0.2) is 0 Å².